The number of cyclic esters (lactones) is 1. The Hall–Kier alpha value is -5.26. The Morgan fingerprint density at radius 3 is 2.12 bits per heavy atom. The lowest BCUT2D eigenvalue weighted by Crippen LogP contribution is -2.32. The number of halogens is 7. The van der Waals surface area contributed by atoms with Crippen molar-refractivity contribution in [2.75, 3.05) is 13.4 Å². The molecule has 0 saturated carbocycles. The van der Waals surface area contributed by atoms with Crippen molar-refractivity contribution in [3.05, 3.63) is 94.1 Å². The lowest BCUT2D eigenvalue weighted by atomic mass is 9.93. The van der Waals surface area contributed by atoms with Gasteiger partial charge in [0, 0.05) is 35.2 Å². The van der Waals surface area contributed by atoms with Crippen molar-refractivity contribution in [1.29, 1.82) is 0 Å². The summed E-state index contributed by atoms with van der Waals surface area (Å²) < 4.78 is 133. The molecule has 1 fully saturated rings. The Bertz CT molecular complexity index is 2140. The third kappa shape index (κ3) is 7.45. The number of benzene rings is 3. The second-order valence-electron chi connectivity index (χ2n) is 11.7. The van der Waals surface area contributed by atoms with E-state index in [9.17, 15) is 49.5 Å². The number of carboxylic acid groups (broad SMARTS) is 1. The van der Waals surface area contributed by atoms with Crippen LogP contribution in [-0.2, 0) is 33.5 Å². The Labute approximate surface area is 285 Å². The van der Waals surface area contributed by atoms with Crippen molar-refractivity contribution in [1.82, 2.24) is 14.9 Å². The van der Waals surface area contributed by atoms with Crippen LogP contribution in [0, 0.1) is 12.7 Å². The number of alkyl halides is 6. The molecule has 10 nitrogen and oxygen atoms in total. The van der Waals surface area contributed by atoms with Gasteiger partial charge in [-0.15, -0.1) is 0 Å². The molecule has 18 heteroatoms. The van der Waals surface area contributed by atoms with Gasteiger partial charge in [0.05, 0.1) is 42.1 Å². The first-order valence-corrected chi connectivity index (χ1v) is 16.5. The van der Waals surface area contributed by atoms with Crippen molar-refractivity contribution in [2.24, 2.45) is 0 Å². The predicted octanol–water partition coefficient (Wildman–Crippen LogP) is 7.49. The number of carbonyl (C=O) groups excluding carboxylic acids is 1. The van der Waals surface area contributed by atoms with E-state index in [1.807, 2.05) is 0 Å². The molecule has 1 saturated heterocycles. The van der Waals surface area contributed by atoms with Gasteiger partial charge in [0.1, 0.15) is 17.7 Å². The highest BCUT2D eigenvalue weighted by Crippen LogP contribution is 2.43. The lowest BCUT2D eigenvalue weighted by Gasteiger charge is -2.23. The Kier molecular flexibility index (Phi) is 9.53. The van der Waals surface area contributed by atoms with Gasteiger partial charge in [-0.2, -0.15) is 26.3 Å². The van der Waals surface area contributed by atoms with Crippen LogP contribution in [-0.4, -0.2) is 59.9 Å². The fourth-order valence-electron chi connectivity index (χ4n) is 5.63. The van der Waals surface area contributed by atoms with Gasteiger partial charge < -0.3 is 14.6 Å². The Morgan fingerprint density at radius 1 is 0.961 bits per heavy atom. The molecule has 0 spiro atoms. The molecular weight excluding hydrogens is 715 g/mol. The summed E-state index contributed by atoms with van der Waals surface area (Å²) >= 11 is 0. The molecule has 0 bridgehead atoms. The second-order valence-corrected chi connectivity index (χ2v) is 13.6. The van der Waals surface area contributed by atoms with E-state index in [1.54, 1.807) is 6.92 Å². The molecule has 5 rings (SSSR count). The lowest BCUT2D eigenvalue weighted by molar-refractivity contribution is -0.143. The van der Waals surface area contributed by atoms with E-state index < -0.39 is 80.6 Å². The summed E-state index contributed by atoms with van der Waals surface area (Å²) in [6.45, 7) is 2.27. The molecule has 1 N–H and O–H groups in total. The molecule has 1 aliphatic heterocycles. The summed E-state index contributed by atoms with van der Waals surface area (Å²) in [6, 6.07) is 5.92. The fourth-order valence-corrected chi connectivity index (χ4v) is 6.15. The van der Waals surface area contributed by atoms with E-state index >= 15 is 4.39 Å². The second kappa shape index (κ2) is 13.1. The number of aromatic carboxylic acids is 1. The summed E-state index contributed by atoms with van der Waals surface area (Å²) in [5.41, 5.74) is -3.30. The van der Waals surface area contributed by atoms with Crippen molar-refractivity contribution in [3.8, 4) is 28.0 Å². The van der Waals surface area contributed by atoms with Crippen molar-refractivity contribution >= 4 is 21.9 Å². The number of rotatable bonds is 8. The minimum Gasteiger partial charge on any atom is -0.496 e. The van der Waals surface area contributed by atoms with Gasteiger partial charge in [-0.25, -0.2) is 32.4 Å². The summed E-state index contributed by atoms with van der Waals surface area (Å²) in [5.74, 6) is -2.08. The van der Waals surface area contributed by atoms with Gasteiger partial charge in [-0.1, -0.05) is 6.07 Å². The van der Waals surface area contributed by atoms with Gasteiger partial charge in [-0.3, -0.25) is 4.90 Å². The number of amides is 1. The van der Waals surface area contributed by atoms with Crippen LogP contribution in [0.25, 0.3) is 22.3 Å². The molecule has 1 amide bonds. The number of hydrogen-bond acceptors (Lipinski definition) is 8. The zero-order chi connectivity index (χ0) is 37.8. The van der Waals surface area contributed by atoms with Gasteiger partial charge >= 0.3 is 24.4 Å². The molecule has 2 heterocycles. The first-order chi connectivity index (χ1) is 23.6. The normalized spacial score (nSPS) is 16.7. The third-order valence-corrected chi connectivity index (χ3v) is 9.03. The number of methoxy groups -OCH3 is 1. The van der Waals surface area contributed by atoms with Crippen LogP contribution in [0.1, 0.15) is 51.3 Å². The quantitative estimate of drug-likeness (QED) is 0.144. The third-order valence-electron chi connectivity index (χ3n) is 8.17. The summed E-state index contributed by atoms with van der Waals surface area (Å²) in [7, 11) is -2.86. The maximum atomic E-state index is 15.5. The van der Waals surface area contributed by atoms with Gasteiger partial charge in [0.25, 0.3) is 0 Å². The summed E-state index contributed by atoms with van der Waals surface area (Å²) in [6.07, 6.45) is -11.2. The molecule has 4 aromatic rings. The van der Waals surface area contributed by atoms with Crippen molar-refractivity contribution < 1.29 is 63.3 Å². The van der Waals surface area contributed by atoms with Crippen LogP contribution >= 0.6 is 0 Å². The number of aromatic nitrogens is 2. The molecule has 0 aliphatic carbocycles. The van der Waals surface area contributed by atoms with Crippen LogP contribution in [0.3, 0.4) is 0 Å². The maximum absolute atomic E-state index is 15.5. The number of aryl methyl sites for hydroxylation is 1. The Balaban J connectivity index is 1.62. The van der Waals surface area contributed by atoms with Gasteiger partial charge in [0.15, 0.2) is 0 Å². The minimum absolute atomic E-state index is 0.0159. The van der Waals surface area contributed by atoms with Crippen LogP contribution in [0.5, 0.6) is 5.75 Å². The monoisotopic (exact) mass is 741 g/mol. The average molecular weight is 742 g/mol. The zero-order valence-corrected chi connectivity index (χ0v) is 27.7. The van der Waals surface area contributed by atoms with E-state index in [1.165, 1.54) is 38.3 Å². The first kappa shape index (κ1) is 37.0. The highest BCUT2D eigenvalue weighted by Gasteiger charge is 2.44. The molecule has 51 heavy (non-hydrogen) atoms. The SMILES string of the molecule is COc1cc(F)c(-c2ccc(C(=O)O)cc2C)cc1-c1cnc(S(C)(=O)=O)nc1CN1C(=O)OC(c2cc(C(F)(F)F)cc(C(F)(F)F)c2)C1C. The summed E-state index contributed by atoms with van der Waals surface area (Å²) in [5, 5.41) is 8.66. The average Bonchev–Trinajstić information content (AvgIpc) is 3.31. The van der Waals surface area contributed by atoms with Crippen molar-refractivity contribution in [3.63, 3.8) is 0 Å². The topological polar surface area (TPSA) is 136 Å². The van der Waals surface area contributed by atoms with Crippen LogP contribution in [0.4, 0.5) is 35.5 Å². The number of carboxylic acids is 1. The van der Waals surface area contributed by atoms with Crippen LogP contribution in [0.2, 0.25) is 0 Å². The molecule has 2 atom stereocenters. The van der Waals surface area contributed by atoms with Gasteiger partial charge in [-0.05, 0) is 66.9 Å². The molecule has 1 aliphatic rings. The smallest absolute Gasteiger partial charge is 0.416 e. The largest absolute Gasteiger partial charge is 0.496 e. The standard InChI is InChI=1S/C33H26F7N3O7S/c1-15-7-17(29(44)45)5-6-21(15)22-11-23(27(49-3)12-25(22)34)24-13-41-30(51(4,47)48)42-26(24)14-43-16(2)28(50-31(43)46)18-8-19(32(35,36)37)10-20(9-18)33(38,39)40/h5-13,16,28H,14H2,1-4H3,(H,44,45). The molecular formula is C33H26F7N3O7S. The van der Waals surface area contributed by atoms with Gasteiger partial charge in [0.2, 0.25) is 15.0 Å². The van der Waals surface area contributed by atoms with Crippen LogP contribution < -0.4 is 4.74 Å². The highest BCUT2D eigenvalue weighted by molar-refractivity contribution is 7.90. The maximum Gasteiger partial charge on any atom is 0.416 e. The molecule has 3 aromatic carbocycles. The zero-order valence-electron chi connectivity index (χ0n) is 26.9. The predicted molar refractivity (Wildman–Crippen MR) is 165 cm³/mol. The van der Waals surface area contributed by atoms with Crippen LogP contribution in [0.15, 0.2) is 59.9 Å². The molecule has 270 valence electrons. The van der Waals surface area contributed by atoms with E-state index in [2.05, 4.69) is 9.97 Å². The van der Waals surface area contributed by atoms with E-state index in [0.717, 1.165) is 23.4 Å². The van der Waals surface area contributed by atoms with E-state index in [-0.39, 0.29) is 45.3 Å². The first-order valence-electron chi connectivity index (χ1n) is 14.6. The number of nitrogens with zero attached hydrogens (tertiary/aromatic N) is 3. The highest BCUT2D eigenvalue weighted by atomic mass is 32.2. The molecule has 1 aromatic heterocycles. The van der Waals surface area contributed by atoms with E-state index in [4.69, 9.17) is 9.47 Å². The molecule has 2 unspecified atom stereocenters. The summed E-state index contributed by atoms with van der Waals surface area (Å²) in [4.78, 5) is 33.6. The number of ether oxygens (including phenoxy) is 2. The van der Waals surface area contributed by atoms with Crippen molar-refractivity contribution in [2.45, 2.75) is 50.0 Å². The minimum atomic E-state index is -5.16. The van der Waals surface area contributed by atoms with E-state index in [0.29, 0.717) is 17.7 Å². The number of carbonyl (C=O) groups is 2. The molecule has 0 radical (unpaired) electrons. The Morgan fingerprint density at radius 2 is 1.59 bits per heavy atom. The number of hydrogen-bond donors (Lipinski definition) is 1. The number of sulfone groups is 1. The fraction of sp³-hybridized carbons (Fsp3) is 0.273.